The predicted octanol–water partition coefficient (Wildman–Crippen LogP) is 6.15. The van der Waals surface area contributed by atoms with Gasteiger partial charge in [0.2, 0.25) is 5.88 Å². The average molecular weight is 598 g/mol. The Morgan fingerprint density at radius 1 is 0.977 bits per heavy atom. The minimum absolute atomic E-state index is 0.00529. The number of hydrogen-bond donors (Lipinski definition) is 1. The van der Waals surface area contributed by atoms with Crippen molar-refractivity contribution in [3.05, 3.63) is 113 Å². The Kier molecular flexibility index (Phi) is 7.53. The lowest BCUT2D eigenvalue weighted by Crippen LogP contribution is -2.31. The maximum atomic E-state index is 15.5. The third kappa shape index (κ3) is 5.66. The molecule has 4 heterocycles. The number of carboxylic acids is 1. The van der Waals surface area contributed by atoms with E-state index in [0.717, 1.165) is 12.0 Å². The molecule has 0 amide bonds. The molecule has 0 saturated carbocycles. The zero-order chi connectivity index (χ0) is 30.2. The van der Waals surface area contributed by atoms with Crippen molar-refractivity contribution in [2.75, 3.05) is 19.8 Å². The highest BCUT2D eigenvalue weighted by Gasteiger charge is 2.24. The number of carbonyl (C=O) groups is 1. The fraction of sp³-hybridized carbons (Fsp3) is 0.265. The first-order valence-electron chi connectivity index (χ1n) is 14.5. The number of imidazole rings is 1. The second kappa shape index (κ2) is 11.8. The first kappa shape index (κ1) is 28.1. The van der Waals surface area contributed by atoms with Crippen LogP contribution in [0.3, 0.4) is 0 Å². The summed E-state index contributed by atoms with van der Waals surface area (Å²) in [5, 5.41) is 9.48. The van der Waals surface area contributed by atoms with Crippen LogP contribution in [-0.2, 0) is 29.0 Å². The van der Waals surface area contributed by atoms with Gasteiger partial charge < -0.3 is 23.9 Å². The molecule has 1 N–H and O–H groups in total. The van der Waals surface area contributed by atoms with Gasteiger partial charge in [-0.05, 0) is 53.9 Å². The molecule has 10 heteroatoms. The summed E-state index contributed by atoms with van der Waals surface area (Å²) >= 11 is 0. The molecular weight excluding hydrogens is 568 g/mol. The van der Waals surface area contributed by atoms with E-state index >= 15 is 4.39 Å². The number of fused-ring (bicyclic) bond motifs is 1. The molecular formula is C34H29F2N3O5. The van der Waals surface area contributed by atoms with Gasteiger partial charge in [0.1, 0.15) is 24.1 Å². The number of halogens is 2. The average Bonchev–Trinajstić information content (AvgIpc) is 3.30. The van der Waals surface area contributed by atoms with E-state index in [2.05, 4.69) is 4.98 Å². The third-order valence-corrected chi connectivity index (χ3v) is 8.24. The Balaban J connectivity index is 1.09. The molecule has 0 bridgehead atoms. The summed E-state index contributed by atoms with van der Waals surface area (Å²) in [7, 11) is 0. The van der Waals surface area contributed by atoms with Crippen LogP contribution in [0.1, 0.15) is 45.2 Å². The van der Waals surface area contributed by atoms with Crippen molar-refractivity contribution >= 4 is 17.0 Å². The van der Waals surface area contributed by atoms with Gasteiger partial charge >= 0.3 is 5.97 Å². The van der Waals surface area contributed by atoms with Crippen molar-refractivity contribution < 1.29 is 32.9 Å². The largest absolute Gasteiger partial charge is 0.478 e. The Morgan fingerprint density at radius 2 is 1.80 bits per heavy atom. The fourth-order valence-electron chi connectivity index (χ4n) is 5.47. The van der Waals surface area contributed by atoms with Gasteiger partial charge in [0, 0.05) is 36.1 Å². The summed E-state index contributed by atoms with van der Waals surface area (Å²) in [4.78, 5) is 20.8. The van der Waals surface area contributed by atoms with E-state index in [1.165, 1.54) is 18.2 Å². The number of ether oxygens (including phenoxy) is 3. The van der Waals surface area contributed by atoms with Crippen molar-refractivity contribution in [3.63, 3.8) is 0 Å². The highest BCUT2D eigenvalue weighted by molar-refractivity contribution is 5.92. The molecule has 2 aliphatic heterocycles. The third-order valence-electron chi connectivity index (χ3n) is 8.24. The Bertz CT molecular complexity index is 1870. The number of carboxylic acid groups (broad SMARTS) is 1. The van der Waals surface area contributed by atoms with Gasteiger partial charge in [-0.25, -0.2) is 23.5 Å². The topological polar surface area (TPSA) is 95.7 Å². The summed E-state index contributed by atoms with van der Waals surface area (Å²) in [5.74, 6) is -0.611. The van der Waals surface area contributed by atoms with E-state index in [9.17, 15) is 14.3 Å². The van der Waals surface area contributed by atoms with Crippen molar-refractivity contribution in [1.82, 2.24) is 14.5 Å². The zero-order valence-corrected chi connectivity index (χ0v) is 23.7. The van der Waals surface area contributed by atoms with Crippen molar-refractivity contribution in [3.8, 4) is 17.1 Å². The highest BCUT2D eigenvalue weighted by Crippen LogP contribution is 2.28. The lowest BCUT2D eigenvalue weighted by atomic mass is 9.96. The number of nitrogens with zero attached hydrogens (tertiary/aromatic N) is 3. The van der Waals surface area contributed by atoms with Gasteiger partial charge in [0.15, 0.2) is 0 Å². The fourth-order valence-corrected chi connectivity index (χ4v) is 5.47. The molecule has 0 aliphatic carbocycles. The number of pyridine rings is 1. The van der Waals surface area contributed by atoms with Crippen LogP contribution in [0.5, 0.6) is 5.88 Å². The van der Waals surface area contributed by atoms with Crippen LogP contribution in [0.25, 0.3) is 22.3 Å². The molecule has 0 spiro atoms. The maximum absolute atomic E-state index is 15.5. The maximum Gasteiger partial charge on any atom is 0.335 e. The van der Waals surface area contributed by atoms with Gasteiger partial charge in [-0.1, -0.05) is 30.3 Å². The smallest absolute Gasteiger partial charge is 0.335 e. The van der Waals surface area contributed by atoms with E-state index in [1.807, 2.05) is 10.6 Å². The molecule has 1 atom stereocenters. The van der Waals surface area contributed by atoms with Crippen LogP contribution in [0.4, 0.5) is 8.78 Å². The molecule has 2 aliphatic rings. The predicted molar refractivity (Wildman–Crippen MR) is 158 cm³/mol. The molecule has 8 nitrogen and oxygen atoms in total. The van der Waals surface area contributed by atoms with Crippen LogP contribution >= 0.6 is 0 Å². The molecule has 3 aromatic carbocycles. The van der Waals surface area contributed by atoms with Crippen molar-refractivity contribution in [1.29, 1.82) is 0 Å². The number of rotatable bonds is 10. The lowest BCUT2D eigenvalue weighted by molar-refractivity contribution is -0.0589. The van der Waals surface area contributed by atoms with Gasteiger partial charge in [-0.2, -0.15) is 0 Å². The normalized spacial score (nSPS) is 16.5. The Morgan fingerprint density at radius 3 is 2.50 bits per heavy atom. The highest BCUT2D eigenvalue weighted by atomic mass is 19.1. The second-order valence-electron chi connectivity index (χ2n) is 11.1. The van der Waals surface area contributed by atoms with Gasteiger partial charge in [-0.15, -0.1) is 0 Å². The van der Waals surface area contributed by atoms with Crippen LogP contribution in [0.2, 0.25) is 0 Å². The Labute approximate surface area is 251 Å². The monoisotopic (exact) mass is 597 g/mol. The number of benzene rings is 3. The first-order valence-corrected chi connectivity index (χ1v) is 14.5. The molecule has 5 aromatic rings. The van der Waals surface area contributed by atoms with Gasteiger partial charge in [-0.3, -0.25) is 0 Å². The first-order chi connectivity index (χ1) is 21.4. The Hall–Kier alpha value is -4.67. The second-order valence-corrected chi connectivity index (χ2v) is 11.1. The van der Waals surface area contributed by atoms with E-state index < -0.39 is 11.8 Å². The minimum atomic E-state index is -1.02. The summed E-state index contributed by atoms with van der Waals surface area (Å²) in [6, 6.07) is 20.1. The quantitative estimate of drug-likeness (QED) is 0.206. The van der Waals surface area contributed by atoms with Gasteiger partial charge in [0.05, 0.1) is 48.2 Å². The SMILES string of the molecule is O=C(O)c1ccc2nc(Cc3ccc(-c4cccc(OCc5ccc(C6COC6)cc5F)n4)cc3F)n(CC3CCO3)c2c1. The molecule has 224 valence electrons. The van der Waals surface area contributed by atoms with Gasteiger partial charge in [0.25, 0.3) is 0 Å². The molecule has 1 unspecified atom stereocenters. The minimum Gasteiger partial charge on any atom is -0.478 e. The van der Waals surface area contributed by atoms with Crippen LogP contribution in [-0.4, -0.2) is 51.5 Å². The summed E-state index contributed by atoms with van der Waals surface area (Å²) < 4.78 is 48.7. The molecule has 2 fully saturated rings. The zero-order valence-electron chi connectivity index (χ0n) is 23.7. The van der Waals surface area contributed by atoms with Crippen LogP contribution in [0, 0.1) is 11.6 Å². The van der Waals surface area contributed by atoms with E-state index in [4.69, 9.17) is 19.2 Å². The molecule has 2 aromatic heterocycles. The lowest BCUT2D eigenvalue weighted by Gasteiger charge is -2.27. The number of aromatic carboxylic acids is 1. The van der Waals surface area contributed by atoms with Crippen LogP contribution < -0.4 is 4.74 Å². The van der Waals surface area contributed by atoms with Crippen molar-refractivity contribution in [2.45, 2.75) is 38.0 Å². The molecule has 0 radical (unpaired) electrons. The van der Waals surface area contributed by atoms with E-state index in [-0.39, 0.29) is 36.4 Å². The summed E-state index contributed by atoms with van der Waals surface area (Å²) in [6.45, 7) is 2.43. The summed E-state index contributed by atoms with van der Waals surface area (Å²) in [6.07, 6.45) is 1.12. The van der Waals surface area contributed by atoms with Crippen molar-refractivity contribution in [2.24, 2.45) is 0 Å². The van der Waals surface area contributed by atoms with Crippen LogP contribution in [0.15, 0.2) is 72.8 Å². The standard InChI is InChI=1S/C34H29F2N3O5/c35-27-13-22(29-2-1-3-33(38-29)44-19-24-7-4-20(12-28(24)36)25-17-42-18-25)6-5-21(27)15-32-37-30-9-8-23(34(40)41)14-31(30)39(32)16-26-10-11-43-26/h1-9,12-14,25-26H,10-11,15-19H2,(H,40,41). The molecule has 7 rings (SSSR count). The molecule has 2 saturated heterocycles. The van der Waals surface area contributed by atoms with E-state index in [1.54, 1.807) is 48.5 Å². The molecule has 44 heavy (non-hydrogen) atoms. The number of aromatic nitrogens is 3. The summed E-state index contributed by atoms with van der Waals surface area (Å²) in [5.41, 5.74) is 4.35. The number of hydrogen-bond acceptors (Lipinski definition) is 6. The van der Waals surface area contributed by atoms with E-state index in [0.29, 0.717) is 71.5 Å².